The van der Waals surface area contributed by atoms with E-state index in [-0.39, 0.29) is 0 Å². The van der Waals surface area contributed by atoms with Gasteiger partial charge in [0.2, 0.25) is 0 Å². The van der Waals surface area contributed by atoms with Crippen molar-refractivity contribution in [2.24, 2.45) is 0 Å². The van der Waals surface area contributed by atoms with E-state index >= 15 is 0 Å². The first kappa shape index (κ1) is 12.7. The van der Waals surface area contributed by atoms with Gasteiger partial charge >= 0.3 is 0 Å². The number of benzene rings is 1. The number of nitrogens with one attached hydrogen (secondary N) is 1. The number of hydrogen-bond acceptors (Lipinski definition) is 2. The zero-order valence-electron chi connectivity index (χ0n) is 10.1. The first-order chi connectivity index (χ1) is 8.18. The third kappa shape index (κ3) is 3.11. The van der Waals surface area contributed by atoms with Crippen molar-refractivity contribution in [3.05, 3.63) is 40.4 Å². The minimum Gasteiger partial charge on any atom is -0.488 e. The van der Waals surface area contributed by atoms with Gasteiger partial charge in [0, 0.05) is 6.54 Å². The second-order valence-electron chi connectivity index (χ2n) is 4.59. The van der Waals surface area contributed by atoms with Crippen molar-refractivity contribution in [1.29, 1.82) is 0 Å². The predicted molar refractivity (Wildman–Crippen MR) is 74.7 cm³/mol. The molecule has 1 saturated heterocycles. The van der Waals surface area contributed by atoms with E-state index in [2.05, 4.69) is 40.0 Å². The van der Waals surface area contributed by atoms with Gasteiger partial charge in [-0.1, -0.05) is 18.7 Å². The highest BCUT2D eigenvalue weighted by atomic mass is 79.9. The van der Waals surface area contributed by atoms with Gasteiger partial charge in [0.1, 0.15) is 12.4 Å². The Hall–Kier alpha value is -0.800. The third-order valence-corrected chi connectivity index (χ3v) is 3.82. The summed E-state index contributed by atoms with van der Waals surface area (Å²) in [5, 5.41) is 3.39. The van der Waals surface area contributed by atoms with Gasteiger partial charge in [-0.05, 0) is 58.9 Å². The molecule has 1 aromatic rings. The van der Waals surface area contributed by atoms with Crippen LogP contribution in [-0.2, 0) is 0 Å². The molecule has 0 amide bonds. The molecule has 1 aromatic carbocycles. The van der Waals surface area contributed by atoms with E-state index in [4.69, 9.17) is 4.74 Å². The quantitative estimate of drug-likeness (QED) is 0.859. The molecule has 1 fully saturated rings. The highest BCUT2D eigenvalue weighted by Gasteiger charge is 2.20. The highest BCUT2D eigenvalue weighted by Crippen LogP contribution is 2.35. The lowest BCUT2D eigenvalue weighted by molar-refractivity contribution is 0.350. The van der Waals surface area contributed by atoms with Crippen molar-refractivity contribution in [3.8, 4) is 5.75 Å². The molecule has 1 N–H and O–H groups in total. The monoisotopic (exact) mass is 295 g/mol. The van der Waals surface area contributed by atoms with Gasteiger partial charge in [-0.2, -0.15) is 0 Å². The fraction of sp³-hybridized carbons (Fsp3) is 0.429. The summed E-state index contributed by atoms with van der Waals surface area (Å²) in [6.45, 7) is 8.56. The molecule has 0 aromatic heterocycles. The zero-order chi connectivity index (χ0) is 12.3. The van der Waals surface area contributed by atoms with Crippen molar-refractivity contribution in [1.82, 2.24) is 5.32 Å². The fourth-order valence-electron chi connectivity index (χ4n) is 2.08. The van der Waals surface area contributed by atoms with Crippen LogP contribution in [0.4, 0.5) is 0 Å². The van der Waals surface area contributed by atoms with Crippen LogP contribution in [0, 0.1) is 0 Å². The second-order valence-corrected chi connectivity index (χ2v) is 5.39. The summed E-state index contributed by atoms with van der Waals surface area (Å²) in [6, 6.07) is 6.24. The van der Waals surface area contributed by atoms with E-state index in [9.17, 15) is 0 Å². The highest BCUT2D eigenvalue weighted by molar-refractivity contribution is 9.10. The van der Waals surface area contributed by atoms with E-state index in [1.165, 1.54) is 12.0 Å². The molecule has 0 bridgehead atoms. The summed E-state index contributed by atoms with van der Waals surface area (Å²) in [6.07, 6.45) is 1.20. The molecule has 0 aliphatic carbocycles. The van der Waals surface area contributed by atoms with Crippen molar-refractivity contribution >= 4 is 15.9 Å². The molecule has 0 spiro atoms. The van der Waals surface area contributed by atoms with Crippen LogP contribution >= 0.6 is 15.9 Å². The lowest BCUT2D eigenvalue weighted by atomic mass is 9.98. The van der Waals surface area contributed by atoms with Crippen LogP contribution in [0.3, 0.4) is 0 Å². The Balaban J connectivity index is 2.17. The standard InChI is InChI=1S/C14H18BrNO/c1-10(2)9-17-13-5-3-4-12(14(13)15)11-6-7-16-8-11/h3-5,11,16H,1,6-9H2,2H3. The van der Waals surface area contributed by atoms with E-state index < -0.39 is 0 Å². The lowest BCUT2D eigenvalue weighted by Crippen LogP contribution is -2.08. The van der Waals surface area contributed by atoms with Crippen LogP contribution in [0.2, 0.25) is 0 Å². The SMILES string of the molecule is C=C(C)COc1cccc(C2CCNC2)c1Br. The molecule has 0 saturated carbocycles. The third-order valence-electron chi connectivity index (χ3n) is 2.97. The molecule has 3 heteroatoms. The molecule has 17 heavy (non-hydrogen) atoms. The number of rotatable bonds is 4. The molecule has 1 aliphatic heterocycles. The van der Waals surface area contributed by atoms with Crippen LogP contribution in [0.15, 0.2) is 34.8 Å². The maximum absolute atomic E-state index is 5.73. The maximum atomic E-state index is 5.73. The predicted octanol–water partition coefficient (Wildman–Crippen LogP) is 3.48. The second kappa shape index (κ2) is 5.69. The Kier molecular flexibility index (Phi) is 4.24. The first-order valence-corrected chi connectivity index (χ1v) is 6.74. The summed E-state index contributed by atoms with van der Waals surface area (Å²) >= 11 is 3.66. The molecule has 0 radical (unpaired) electrons. The minimum absolute atomic E-state index is 0.574. The van der Waals surface area contributed by atoms with Crippen molar-refractivity contribution in [3.63, 3.8) is 0 Å². The zero-order valence-corrected chi connectivity index (χ0v) is 11.7. The van der Waals surface area contributed by atoms with E-state index in [0.29, 0.717) is 12.5 Å². The Morgan fingerprint density at radius 2 is 2.41 bits per heavy atom. The lowest BCUT2D eigenvalue weighted by Gasteiger charge is -2.15. The fourth-order valence-corrected chi connectivity index (χ4v) is 2.78. The van der Waals surface area contributed by atoms with Crippen LogP contribution < -0.4 is 10.1 Å². The molecule has 1 heterocycles. The summed E-state index contributed by atoms with van der Waals surface area (Å²) < 4.78 is 6.82. The summed E-state index contributed by atoms with van der Waals surface area (Å²) in [7, 11) is 0. The molecule has 1 atom stereocenters. The van der Waals surface area contributed by atoms with Gasteiger partial charge in [0.15, 0.2) is 0 Å². The molecule has 2 nitrogen and oxygen atoms in total. The Morgan fingerprint density at radius 1 is 1.59 bits per heavy atom. The maximum Gasteiger partial charge on any atom is 0.134 e. The number of hydrogen-bond donors (Lipinski definition) is 1. The van der Waals surface area contributed by atoms with Crippen LogP contribution in [-0.4, -0.2) is 19.7 Å². The van der Waals surface area contributed by atoms with E-state index in [1.54, 1.807) is 0 Å². The molecule has 92 valence electrons. The van der Waals surface area contributed by atoms with Crippen molar-refractivity contribution in [2.45, 2.75) is 19.3 Å². The van der Waals surface area contributed by atoms with Gasteiger partial charge < -0.3 is 10.1 Å². The van der Waals surface area contributed by atoms with Gasteiger partial charge in [-0.25, -0.2) is 0 Å². The smallest absolute Gasteiger partial charge is 0.134 e. The van der Waals surface area contributed by atoms with Gasteiger partial charge in [0.05, 0.1) is 4.47 Å². The van der Waals surface area contributed by atoms with Gasteiger partial charge in [-0.3, -0.25) is 0 Å². The Bertz CT molecular complexity index is 411. The molecule has 1 aliphatic rings. The Labute approximate surface area is 111 Å². The molecule has 1 unspecified atom stereocenters. The average molecular weight is 296 g/mol. The van der Waals surface area contributed by atoms with Gasteiger partial charge in [0.25, 0.3) is 0 Å². The number of ether oxygens (including phenoxy) is 1. The summed E-state index contributed by atoms with van der Waals surface area (Å²) in [5.41, 5.74) is 2.37. The summed E-state index contributed by atoms with van der Waals surface area (Å²) in [5.74, 6) is 1.51. The molecular weight excluding hydrogens is 278 g/mol. The number of halogens is 1. The largest absolute Gasteiger partial charge is 0.488 e. The Morgan fingerprint density at radius 3 is 3.06 bits per heavy atom. The normalized spacial score (nSPS) is 19.3. The minimum atomic E-state index is 0.574. The van der Waals surface area contributed by atoms with Crippen LogP contribution in [0.5, 0.6) is 5.75 Å². The first-order valence-electron chi connectivity index (χ1n) is 5.95. The van der Waals surface area contributed by atoms with Crippen molar-refractivity contribution < 1.29 is 4.74 Å². The van der Waals surface area contributed by atoms with E-state index in [1.807, 2.05) is 13.0 Å². The van der Waals surface area contributed by atoms with Crippen LogP contribution in [0.1, 0.15) is 24.8 Å². The topological polar surface area (TPSA) is 21.3 Å². The van der Waals surface area contributed by atoms with Crippen molar-refractivity contribution in [2.75, 3.05) is 19.7 Å². The van der Waals surface area contributed by atoms with Gasteiger partial charge in [-0.15, -0.1) is 0 Å². The van der Waals surface area contributed by atoms with Crippen LogP contribution in [0.25, 0.3) is 0 Å². The van der Waals surface area contributed by atoms with E-state index in [0.717, 1.165) is 28.9 Å². The summed E-state index contributed by atoms with van der Waals surface area (Å²) in [4.78, 5) is 0. The molecule has 2 rings (SSSR count). The average Bonchev–Trinajstić information content (AvgIpc) is 2.81. The molecular formula is C14H18BrNO.